The van der Waals surface area contributed by atoms with Gasteiger partial charge in [-0.15, -0.1) is 0 Å². The van der Waals surface area contributed by atoms with Crippen molar-refractivity contribution in [3.63, 3.8) is 0 Å². The van der Waals surface area contributed by atoms with Gasteiger partial charge in [-0.2, -0.15) is 0 Å². The van der Waals surface area contributed by atoms with E-state index in [1.165, 1.54) is 27.8 Å². The lowest BCUT2D eigenvalue weighted by Crippen LogP contribution is -2.07. The van der Waals surface area contributed by atoms with Crippen molar-refractivity contribution in [1.29, 1.82) is 0 Å². The van der Waals surface area contributed by atoms with Crippen LogP contribution in [0.25, 0.3) is 11.1 Å². The number of fused-ring (bicyclic) bond motifs is 3. The van der Waals surface area contributed by atoms with Gasteiger partial charge >= 0.3 is 7.60 Å². The van der Waals surface area contributed by atoms with Crippen LogP contribution in [0.1, 0.15) is 35.1 Å². The topological polar surface area (TPSA) is 57.5 Å². The summed E-state index contributed by atoms with van der Waals surface area (Å²) >= 11 is 0. The number of aryl methyl sites for hydroxylation is 1. The van der Waals surface area contributed by atoms with E-state index in [1.54, 1.807) is 12.1 Å². The number of benzene rings is 3. The van der Waals surface area contributed by atoms with Crippen molar-refractivity contribution in [3.05, 3.63) is 89.0 Å². The van der Waals surface area contributed by atoms with Crippen molar-refractivity contribution in [3.8, 4) is 11.1 Å². The summed E-state index contributed by atoms with van der Waals surface area (Å²) in [4.78, 5) is 18.7. The zero-order valence-corrected chi connectivity index (χ0v) is 14.8. The minimum atomic E-state index is -4.22. The maximum atomic E-state index is 11.5. The molecule has 0 aliphatic heterocycles. The van der Waals surface area contributed by atoms with Gasteiger partial charge in [-0.3, -0.25) is 4.57 Å². The predicted octanol–water partition coefficient (Wildman–Crippen LogP) is 4.21. The fraction of sp³-hybridized carbons (Fsp3) is 0.143. The zero-order chi connectivity index (χ0) is 17.6. The largest absolute Gasteiger partial charge is 0.356 e. The molecule has 0 heterocycles. The molecule has 1 atom stereocenters. The molecule has 4 rings (SSSR count). The molecular weight excluding hydrogens is 331 g/mol. The Balaban J connectivity index is 1.92. The van der Waals surface area contributed by atoms with Crippen LogP contribution >= 0.6 is 7.60 Å². The highest BCUT2D eigenvalue weighted by atomic mass is 31.2. The van der Waals surface area contributed by atoms with Gasteiger partial charge in [0.25, 0.3) is 0 Å². The van der Waals surface area contributed by atoms with Gasteiger partial charge in [0.05, 0.1) is 5.30 Å². The molecule has 3 aromatic rings. The second-order valence-corrected chi connectivity index (χ2v) is 7.99. The Morgan fingerprint density at radius 2 is 1.56 bits per heavy atom. The number of hydrogen-bond acceptors (Lipinski definition) is 1. The molecule has 1 aliphatic carbocycles. The van der Waals surface area contributed by atoms with Gasteiger partial charge in [-0.1, -0.05) is 61.5 Å². The summed E-state index contributed by atoms with van der Waals surface area (Å²) in [7, 11) is -4.22. The van der Waals surface area contributed by atoms with Crippen LogP contribution < -0.4 is 5.30 Å². The summed E-state index contributed by atoms with van der Waals surface area (Å²) in [6.07, 6.45) is 0.953. The monoisotopic (exact) mass is 350 g/mol. The van der Waals surface area contributed by atoms with Gasteiger partial charge in [-0.05, 0) is 51.9 Å². The molecule has 2 N–H and O–H groups in total. The molecule has 126 valence electrons. The summed E-state index contributed by atoms with van der Waals surface area (Å²) in [6, 6.07) is 21.6. The quantitative estimate of drug-likeness (QED) is 0.544. The second kappa shape index (κ2) is 5.96. The average molecular weight is 350 g/mol. The average Bonchev–Trinajstić information content (AvgIpc) is 2.96. The number of hydrogen-bond donors (Lipinski definition) is 2. The summed E-state index contributed by atoms with van der Waals surface area (Å²) in [5.74, 6) is 0.105. The lowest BCUT2D eigenvalue weighted by atomic mass is 9.86. The van der Waals surface area contributed by atoms with Crippen LogP contribution in [-0.2, 0) is 11.0 Å². The van der Waals surface area contributed by atoms with E-state index in [0.717, 1.165) is 12.0 Å². The van der Waals surface area contributed by atoms with E-state index in [4.69, 9.17) is 0 Å². The minimum absolute atomic E-state index is 0.0616. The Kier molecular flexibility index (Phi) is 3.88. The first-order valence-electron chi connectivity index (χ1n) is 8.38. The molecule has 4 heteroatoms. The lowest BCUT2D eigenvalue weighted by Gasteiger charge is -2.18. The van der Waals surface area contributed by atoms with E-state index in [-0.39, 0.29) is 11.2 Å². The Morgan fingerprint density at radius 1 is 0.880 bits per heavy atom. The van der Waals surface area contributed by atoms with Crippen LogP contribution in [-0.4, -0.2) is 9.79 Å². The van der Waals surface area contributed by atoms with Gasteiger partial charge in [0, 0.05) is 5.92 Å². The molecule has 0 aromatic heterocycles. The standard InChI is InChI=1S/C21H19O3P/c1-2-14-6-5-9-19-17-7-3-4-8-18(17)21(20(14)19)15-10-12-16(13-11-15)25(22,23)24/h3-13,21H,2H2,1H3,(H2,22,23,24)/t21-/m1/s1. The summed E-state index contributed by atoms with van der Waals surface area (Å²) in [5.41, 5.74) is 7.45. The second-order valence-electron chi connectivity index (χ2n) is 6.39. The Bertz CT molecular complexity index is 986. The molecule has 3 nitrogen and oxygen atoms in total. The maximum Gasteiger partial charge on any atom is 0.356 e. The lowest BCUT2D eigenvalue weighted by molar-refractivity contribution is 0.387. The summed E-state index contributed by atoms with van der Waals surface area (Å²) in [5, 5.41) is 0.0616. The van der Waals surface area contributed by atoms with Crippen molar-refractivity contribution < 1.29 is 14.4 Å². The molecule has 0 saturated heterocycles. The highest BCUT2D eigenvalue weighted by Crippen LogP contribution is 2.49. The third-order valence-electron chi connectivity index (χ3n) is 4.99. The molecule has 0 amide bonds. The van der Waals surface area contributed by atoms with Crippen molar-refractivity contribution in [2.45, 2.75) is 19.3 Å². The molecule has 25 heavy (non-hydrogen) atoms. The third-order valence-corrected chi connectivity index (χ3v) is 5.96. The van der Waals surface area contributed by atoms with E-state index < -0.39 is 7.60 Å². The molecular formula is C21H19O3P. The zero-order valence-electron chi connectivity index (χ0n) is 13.9. The fourth-order valence-electron chi connectivity index (χ4n) is 3.85. The summed E-state index contributed by atoms with van der Waals surface area (Å²) in [6.45, 7) is 2.16. The molecule has 0 unspecified atom stereocenters. The number of rotatable bonds is 3. The molecule has 0 spiro atoms. The van der Waals surface area contributed by atoms with Gasteiger partial charge in [0.15, 0.2) is 0 Å². The molecule has 0 saturated carbocycles. The van der Waals surface area contributed by atoms with Gasteiger partial charge in [-0.25, -0.2) is 0 Å². The van der Waals surface area contributed by atoms with E-state index >= 15 is 0 Å². The first kappa shape index (κ1) is 16.3. The molecule has 0 fully saturated rings. The van der Waals surface area contributed by atoms with Gasteiger partial charge < -0.3 is 9.79 Å². The van der Waals surface area contributed by atoms with Crippen molar-refractivity contribution >= 4 is 12.9 Å². The van der Waals surface area contributed by atoms with Crippen LogP contribution in [0.4, 0.5) is 0 Å². The van der Waals surface area contributed by atoms with E-state index in [9.17, 15) is 14.4 Å². The Hall–Kier alpha value is -2.19. The predicted molar refractivity (Wildman–Crippen MR) is 100 cm³/mol. The fourth-order valence-corrected chi connectivity index (χ4v) is 4.39. The van der Waals surface area contributed by atoms with E-state index in [0.29, 0.717) is 0 Å². The van der Waals surface area contributed by atoms with Crippen LogP contribution in [0.2, 0.25) is 0 Å². The van der Waals surface area contributed by atoms with Crippen molar-refractivity contribution in [2.75, 3.05) is 0 Å². The van der Waals surface area contributed by atoms with Crippen LogP contribution in [0, 0.1) is 0 Å². The highest BCUT2D eigenvalue weighted by Gasteiger charge is 2.31. The first-order valence-corrected chi connectivity index (χ1v) is 9.99. The molecule has 0 radical (unpaired) electrons. The van der Waals surface area contributed by atoms with E-state index in [2.05, 4.69) is 43.3 Å². The summed E-state index contributed by atoms with van der Waals surface area (Å²) < 4.78 is 11.5. The maximum absolute atomic E-state index is 11.5. The van der Waals surface area contributed by atoms with Crippen LogP contribution in [0.15, 0.2) is 66.7 Å². The third kappa shape index (κ3) is 2.65. The molecule has 0 bridgehead atoms. The smallest absolute Gasteiger partial charge is 0.321 e. The normalized spacial score (nSPS) is 15.7. The molecule has 1 aliphatic rings. The first-order chi connectivity index (χ1) is 12.0. The minimum Gasteiger partial charge on any atom is -0.321 e. The Labute approximate surface area is 147 Å². The van der Waals surface area contributed by atoms with Crippen molar-refractivity contribution in [2.24, 2.45) is 0 Å². The Morgan fingerprint density at radius 3 is 2.24 bits per heavy atom. The van der Waals surface area contributed by atoms with Crippen molar-refractivity contribution in [1.82, 2.24) is 0 Å². The van der Waals surface area contributed by atoms with Crippen LogP contribution in [0.3, 0.4) is 0 Å². The molecule has 3 aromatic carbocycles. The van der Waals surface area contributed by atoms with E-state index in [1.807, 2.05) is 18.2 Å². The SMILES string of the molecule is CCc1cccc2c1[C@H](c1ccc(P(=O)(O)O)cc1)c1ccccc1-2. The van der Waals surface area contributed by atoms with Crippen LogP contribution in [0.5, 0.6) is 0 Å². The highest BCUT2D eigenvalue weighted by molar-refractivity contribution is 7.60. The van der Waals surface area contributed by atoms with Gasteiger partial charge in [0.1, 0.15) is 0 Å². The van der Waals surface area contributed by atoms with Gasteiger partial charge in [0.2, 0.25) is 0 Å².